The van der Waals surface area contributed by atoms with Crippen LogP contribution in [-0.4, -0.2) is 85.3 Å². The van der Waals surface area contributed by atoms with Crippen molar-refractivity contribution in [2.45, 2.75) is 163 Å². The number of fused-ring (bicyclic) bond motifs is 7. The molecule has 4 N–H and O–H groups in total. The number of ether oxygens (including phenoxy) is 3. The van der Waals surface area contributed by atoms with Gasteiger partial charge in [-0.2, -0.15) is 0 Å². The molecule has 7 rings (SSSR count). The summed E-state index contributed by atoms with van der Waals surface area (Å²) in [5.41, 5.74) is 1.92. The first-order chi connectivity index (χ1) is 23.8. The zero-order valence-corrected chi connectivity index (χ0v) is 32.1. The van der Waals surface area contributed by atoms with E-state index in [0.29, 0.717) is 24.1 Å². The number of aliphatic carboxylic acids is 1. The summed E-state index contributed by atoms with van der Waals surface area (Å²) in [6.07, 6.45) is 8.39. The molecule has 6 aliphatic rings. The minimum atomic E-state index is -1.39. The Morgan fingerprint density at radius 2 is 1.67 bits per heavy atom. The highest BCUT2D eigenvalue weighted by atomic mass is 16.7. The Morgan fingerprint density at radius 3 is 2.37 bits per heavy atom. The molecule has 0 spiro atoms. The lowest BCUT2D eigenvalue weighted by Gasteiger charge is -2.71. The molecule has 1 aromatic heterocycles. The molecule has 0 aromatic carbocycles. The SMILES string of the molecule is CO[C@H]1O[C@H](Cn2cc(CO[C@H]3CC[C@]4(C)[C@H]5CC=C6[C@@H]7CC(C)(C)CC[C@]7(C(=O)O)CC[C@@]6(C)[C@]5(C)CC[C@H]4C3(C)C)nn2)[C@@H](O)[C@H](O)[C@H]1O. The van der Waals surface area contributed by atoms with Crippen molar-refractivity contribution in [1.29, 1.82) is 0 Å². The lowest BCUT2D eigenvalue weighted by Crippen LogP contribution is -2.65. The van der Waals surface area contributed by atoms with Crippen LogP contribution in [0.15, 0.2) is 17.8 Å². The van der Waals surface area contributed by atoms with Crippen LogP contribution >= 0.6 is 0 Å². The van der Waals surface area contributed by atoms with Gasteiger partial charge in [-0.1, -0.05) is 65.3 Å². The number of hydrogen-bond acceptors (Lipinski definition) is 9. The van der Waals surface area contributed by atoms with E-state index in [0.717, 1.165) is 64.2 Å². The predicted octanol–water partition coefficient (Wildman–Crippen LogP) is 5.50. The average Bonchev–Trinajstić information content (AvgIpc) is 3.51. The van der Waals surface area contributed by atoms with Crippen LogP contribution in [0.1, 0.15) is 118 Å². The molecule has 0 bridgehead atoms. The van der Waals surface area contributed by atoms with Crippen molar-refractivity contribution < 1.29 is 39.4 Å². The van der Waals surface area contributed by atoms with Crippen LogP contribution in [0.3, 0.4) is 0 Å². The number of aromatic nitrogens is 3. The maximum absolute atomic E-state index is 13.0. The third-order valence-corrected chi connectivity index (χ3v) is 16.3. The van der Waals surface area contributed by atoms with Crippen molar-refractivity contribution >= 4 is 5.97 Å². The van der Waals surface area contributed by atoms with Gasteiger partial charge in [0.2, 0.25) is 0 Å². The number of rotatable bonds is 7. The molecule has 4 saturated carbocycles. The third-order valence-electron chi connectivity index (χ3n) is 16.3. The lowest BCUT2D eigenvalue weighted by atomic mass is 9.33. The zero-order chi connectivity index (χ0) is 36.9. The molecule has 51 heavy (non-hydrogen) atoms. The molecule has 5 aliphatic carbocycles. The van der Waals surface area contributed by atoms with E-state index in [9.17, 15) is 25.2 Å². The lowest BCUT2D eigenvalue weighted by molar-refractivity contribution is -0.292. The molecule has 0 radical (unpaired) electrons. The third kappa shape index (κ3) is 5.60. The first kappa shape index (κ1) is 37.4. The summed E-state index contributed by atoms with van der Waals surface area (Å²) < 4.78 is 19.1. The van der Waals surface area contributed by atoms with Gasteiger partial charge in [0, 0.05) is 7.11 Å². The van der Waals surface area contributed by atoms with E-state index in [2.05, 4.69) is 64.9 Å². The fraction of sp³-hybridized carbons (Fsp3) is 0.875. The van der Waals surface area contributed by atoms with Gasteiger partial charge in [0.25, 0.3) is 0 Å². The van der Waals surface area contributed by atoms with Crippen LogP contribution in [0.4, 0.5) is 0 Å². The van der Waals surface area contributed by atoms with Crippen molar-refractivity contribution in [3.63, 3.8) is 0 Å². The van der Waals surface area contributed by atoms with E-state index in [1.165, 1.54) is 12.7 Å². The molecule has 1 saturated heterocycles. The number of carboxylic acid groups (broad SMARTS) is 1. The summed E-state index contributed by atoms with van der Waals surface area (Å²) in [6.45, 7) is 17.6. The minimum Gasteiger partial charge on any atom is -0.481 e. The Kier molecular flexibility index (Phi) is 9.24. The largest absolute Gasteiger partial charge is 0.481 e. The van der Waals surface area contributed by atoms with Gasteiger partial charge in [0.15, 0.2) is 6.29 Å². The Balaban J connectivity index is 1.06. The van der Waals surface area contributed by atoms with Crippen LogP contribution in [-0.2, 0) is 32.2 Å². The molecule has 0 unspecified atom stereocenters. The molecule has 286 valence electrons. The molecule has 11 heteroatoms. The number of carbonyl (C=O) groups is 1. The van der Waals surface area contributed by atoms with Gasteiger partial charge in [-0.3, -0.25) is 4.79 Å². The number of aliphatic hydroxyl groups is 3. The van der Waals surface area contributed by atoms with Crippen LogP contribution in [0.25, 0.3) is 0 Å². The van der Waals surface area contributed by atoms with Gasteiger partial charge in [-0.05, 0) is 109 Å². The highest BCUT2D eigenvalue weighted by molar-refractivity contribution is 5.76. The second-order valence-electron chi connectivity index (χ2n) is 19.5. The van der Waals surface area contributed by atoms with Crippen LogP contribution in [0, 0.1) is 50.2 Å². The van der Waals surface area contributed by atoms with Gasteiger partial charge in [-0.25, -0.2) is 4.68 Å². The van der Waals surface area contributed by atoms with Gasteiger partial charge < -0.3 is 34.6 Å². The molecule has 1 aromatic rings. The quantitative estimate of drug-likeness (QED) is 0.266. The summed E-state index contributed by atoms with van der Waals surface area (Å²) in [7, 11) is 1.38. The van der Waals surface area contributed by atoms with Crippen molar-refractivity contribution in [2.75, 3.05) is 7.11 Å². The molecule has 1 aliphatic heterocycles. The van der Waals surface area contributed by atoms with E-state index in [1.807, 2.05) is 0 Å². The highest BCUT2D eigenvalue weighted by Crippen LogP contribution is 2.75. The van der Waals surface area contributed by atoms with E-state index in [-0.39, 0.29) is 45.6 Å². The van der Waals surface area contributed by atoms with Crippen molar-refractivity contribution in [2.24, 2.45) is 50.2 Å². The summed E-state index contributed by atoms with van der Waals surface area (Å²) >= 11 is 0. The van der Waals surface area contributed by atoms with Gasteiger partial charge >= 0.3 is 5.97 Å². The average molecular weight is 714 g/mol. The Hall–Kier alpha value is -1.89. The van der Waals surface area contributed by atoms with Crippen molar-refractivity contribution in [1.82, 2.24) is 15.0 Å². The Morgan fingerprint density at radius 1 is 0.941 bits per heavy atom. The molecular formula is C40H63N3O8. The number of aliphatic hydroxyl groups excluding tert-OH is 3. The fourth-order valence-corrected chi connectivity index (χ4v) is 13.0. The smallest absolute Gasteiger partial charge is 0.310 e. The summed E-state index contributed by atoms with van der Waals surface area (Å²) in [6, 6.07) is 0. The second-order valence-corrected chi connectivity index (χ2v) is 19.5. The number of nitrogens with zero attached hydrogens (tertiary/aromatic N) is 3. The number of hydrogen-bond donors (Lipinski definition) is 4. The Bertz CT molecular complexity index is 1520. The molecule has 11 nitrogen and oxygen atoms in total. The van der Waals surface area contributed by atoms with Crippen LogP contribution in [0.2, 0.25) is 0 Å². The summed E-state index contributed by atoms with van der Waals surface area (Å²) in [4.78, 5) is 13.0. The molecule has 13 atom stereocenters. The Labute approximate surface area is 303 Å². The highest BCUT2D eigenvalue weighted by Gasteiger charge is 2.69. The zero-order valence-electron chi connectivity index (χ0n) is 32.1. The molecule has 2 heterocycles. The molecular weight excluding hydrogens is 650 g/mol. The van der Waals surface area contributed by atoms with E-state index < -0.39 is 42.1 Å². The van der Waals surface area contributed by atoms with Gasteiger partial charge in [0.1, 0.15) is 30.1 Å². The molecule has 5 fully saturated rings. The summed E-state index contributed by atoms with van der Waals surface area (Å²) in [5.74, 6) is 0.573. The second kappa shape index (κ2) is 12.6. The molecule has 0 amide bonds. The van der Waals surface area contributed by atoms with Crippen LogP contribution < -0.4 is 0 Å². The summed E-state index contributed by atoms with van der Waals surface area (Å²) in [5, 5.41) is 50.1. The van der Waals surface area contributed by atoms with E-state index >= 15 is 0 Å². The first-order valence-electron chi connectivity index (χ1n) is 19.5. The van der Waals surface area contributed by atoms with Crippen molar-refractivity contribution in [3.05, 3.63) is 23.5 Å². The van der Waals surface area contributed by atoms with Crippen molar-refractivity contribution in [3.8, 4) is 0 Å². The number of carboxylic acids is 1. The normalized spacial score (nSPS) is 47.3. The standard InChI is InChI=1S/C40H63N3O8/c1-35(2)15-17-40(34(47)48)18-16-38(6)24(25(40)19-35)9-10-28-37(5)13-12-29(36(3,4)27(37)11-14-39(28,38)7)50-22-23-20-43(42-41-23)21-26-30(44)31(45)32(46)33(49-8)51-26/h9,20,25-33,44-46H,10-19,21-22H2,1-8H3,(H,47,48)/t25-,26+,27-,28+,29-,30+,31-,32+,33-,37-,38+,39+,40-/m0/s1. The van der Waals surface area contributed by atoms with Gasteiger partial charge in [-0.15, -0.1) is 5.10 Å². The first-order valence-corrected chi connectivity index (χ1v) is 19.5. The maximum atomic E-state index is 13.0. The van der Waals surface area contributed by atoms with Crippen LogP contribution in [0.5, 0.6) is 0 Å². The number of allylic oxidation sites excluding steroid dienone is 2. The topological polar surface area (TPSA) is 156 Å². The predicted molar refractivity (Wildman–Crippen MR) is 189 cm³/mol. The minimum absolute atomic E-state index is 0.00529. The van der Waals surface area contributed by atoms with E-state index in [1.54, 1.807) is 10.9 Å². The maximum Gasteiger partial charge on any atom is 0.310 e. The van der Waals surface area contributed by atoms with Gasteiger partial charge in [0.05, 0.1) is 30.9 Å². The number of methoxy groups -OCH3 is 1. The van der Waals surface area contributed by atoms with E-state index in [4.69, 9.17) is 14.2 Å². The monoisotopic (exact) mass is 713 g/mol. The fourth-order valence-electron chi connectivity index (χ4n) is 13.0.